The summed E-state index contributed by atoms with van der Waals surface area (Å²) < 4.78 is 27.6. The van der Waals surface area contributed by atoms with Crippen molar-refractivity contribution in [3.05, 3.63) is 40.0 Å². The lowest BCUT2D eigenvalue weighted by Gasteiger charge is -2.17. The van der Waals surface area contributed by atoms with Crippen molar-refractivity contribution in [2.75, 3.05) is 17.7 Å². The van der Waals surface area contributed by atoms with Crippen LogP contribution in [0.25, 0.3) is 0 Å². The molecule has 2 N–H and O–H groups in total. The Balaban J connectivity index is 2.23. The van der Waals surface area contributed by atoms with Gasteiger partial charge in [-0.25, -0.2) is 13.4 Å². The Morgan fingerprint density at radius 2 is 2.00 bits per heavy atom. The SMILES string of the molecule is CC(=O)Nc1ccc(S(=O)(=O)CC(CO)n2cc(I)nc2C)cc1. The molecular weight excluding hydrogens is 445 g/mol. The molecule has 9 heteroatoms. The van der Waals surface area contributed by atoms with Crippen molar-refractivity contribution in [2.45, 2.75) is 24.8 Å². The average Bonchev–Trinajstić information content (AvgIpc) is 2.83. The normalized spacial score (nSPS) is 12.8. The minimum atomic E-state index is -3.60. The summed E-state index contributed by atoms with van der Waals surface area (Å²) in [5, 5.41) is 12.2. The fourth-order valence-corrected chi connectivity index (χ4v) is 4.50. The lowest BCUT2D eigenvalue weighted by atomic mass is 10.3. The summed E-state index contributed by atoms with van der Waals surface area (Å²) in [7, 11) is -3.60. The number of nitrogens with one attached hydrogen (secondary N) is 1. The van der Waals surface area contributed by atoms with E-state index in [-0.39, 0.29) is 23.2 Å². The molecule has 0 aliphatic rings. The van der Waals surface area contributed by atoms with E-state index >= 15 is 0 Å². The number of benzene rings is 1. The van der Waals surface area contributed by atoms with Gasteiger partial charge in [-0.1, -0.05) is 0 Å². The number of aliphatic hydroxyl groups is 1. The number of rotatable bonds is 6. The van der Waals surface area contributed by atoms with Gasteiger partial charge in [0, 0.05) is 18.8 Å². The second-order valence-electron chi connectivity index (χ2n) is 5.34. The third kappa shape index (κ3) is 4.54. The third-order valence-electron chi connectivity index (χ3n) is 3.44. The van der Waals surface area contributed by atoms with Gasteiger partial charge in [-0.15, -0.1) is 0 Å². The number of amides is 1. The number of aliphatic hydroxyl groups excluding tert-OH is 1. The molecule has 2 rings (SSSR count). The van der Waals surface area contributed by atoms with E-state index < -0.39 is 15.9 Å². The first kappa shape index (κ1) is 18.9. The van der Waals surface area contributed by atoms with E-state index in [4.69, 9.17) is 0 Å². The fourth-order valence-electron chi connectivity index (χ4n) is 2.34. The van der Waals surface area contributed by atoms with Crippen molar-refractivity contribution >= 4 is 44.0 Å². The zero-order valence-electron chi connectivity index (χ0n) is 13.2. The summed E-state index contributed by atoms with van der Waals surface area (Å²) in [6, 6.07) is 5.35. The van der Waals surface area contributed by atoms with Crippen LogP contribution in [0, 0.1) is 10.6 Å². The number of sulfone groups is 1. The number of anilines is 1. The molecule has 0 saturated heterocycles. The summed E-state index contributed by atoms with van der Waals surface area (Å²) in [5.41, 5.74) is 0.528. The lowest BCUT2D eigenvalue weighted by molar-refractivity contribution is -0.114. The molecule has 0 radical (unpaired) electrons. The number of carbonyl (C=O) groups excluding carboxylic acids is 1. The van der Waals surface area contributed by atoms with Gasteiger partial charge >= 0.3 is 0 Å². The molecule has 7 nitrogen and oxygen atoms in total. The zero-order valence-corrected chi connectivity index (χ0v) is 16.2. The summed E-state index contributed by atoms with van der Waals surface area (Å²) in [5.74, 6) is 0.182. The first-order chi connectivity index (χ1) is 11.2. The second-order valence-corrected chi connectivity index (χ2v) is 8.48. The summed E-state index contributed by atoms with van der Waals surface area (Å²) in [6.07, 6.45) is 1.71. The maximum atomic E-state index is 12.6. The minimum Gasteiger partial charge on any atom is -0.394 e. The van der Waals surface area contributed by atoms with Gasteiger partial charge in [0.1, 0.15) is 9.53 Å². The molecule has 1 unspecified atom stereocenters. The van der Waals surface area contributed by atoms with Crippen molar-refractivity contribution in [3.8, 4) is 0 Å². The molecule has 0 bridgehead atoms. The van der Waals surface area contributed by atoms with Crippen molar-refractivity contribution in [3.63, 3.8) is 0 Å². The van der Waals surface area contributed by atoms with Crippen LogP contribution in [0.15, 0.2) is 35.4 Å². The largest absolute Gasteiger partial charge is 0.394 e. The fraction of sp³-hybridized carbons (Fsp3) is 0.333. The van der Waals surface area contributed by atoms with E-state index in [0.29, 0.717) is 11.5 Å². The van der Waals surface area contributed by atoms with Gasteiger partial charge < -0.3 is 15.0 Å². The van der Waals surface area contributed by atoms with Crippen molar-refractivity contribution in [2.24, 2.45) is 0 Å². The molecule has 1 aromatic heterocycles. The Kier molecular flexibility index (Phi) is 5.99. The van der Waals surface area contributed by atoms with Crippen LogP contribution >= 0.6 is 22.6 Å². The first-order valence-corrected chi connectivity index (χ1v) is 9.88. The molecule has 0 spiro atoms. The highest BCUT2D eigenvalue weighted by atomic mass is 127. The van der Waals surface area contributed by atoms with Crippen LogP contribution in [-0.2, 0) is 14.6 Å². The molecule has 0 saturated carbocycles. The van der Waals surface area contributed by atoms with E-state index in [0.717, 1.165) is 3.70 Å². The predicted octanol–water partition coefficient (Wildman–Crippen LogP) is 1.76. The van der Waals surface area contributed by atoms with Gasteiger partial charge in [-0.2, -0.15) is 0 Å². The molecule has 0 aliphatic heterocycles. The molecular formula is C15H18IN3O4S. The number of hydrogen-bond acceptors (Lipinski definition) is 5. The molecule has 0 fully saturated rings. The molecule has 1 amide bonds. The van der Waals surface area contributed by atoms with Crippen LogP contribution in [0.4, 0.5) is 5.69 Å². The van der Waals surface area contributed by atoms with E-state index in [2.05, 4.69) is 10.3 Å². The van der Waals surface area contributed by atoms with Crippen LogP contribution < -0.4 is 5.32 Å². The number of aromatic nitrogens is 2. The Bertz CT molecular complexity index is 831. The summed E-state index contributed by atoms with van der Waals surface area (Å²) in [6.45, 7) is 2.83. The van der Waals surface area contributed by atoms with Crippen LogP contribution in [0.1, 0.15) is 18.8 Å². The van der Waals surface area contributed by atoms with Crippen molar-refractivity contribution < 1.29 is 18.3 Å². The minimum absolute atomic E-state index is 0.141. The Labute approximate surface area is 154 Å². The smallest absolute Gasteiger partial charge is 0.221 e. The van der Waals surface area contributed by atoms with Gasteiger partial charge in [0.15, 0.2) is 9.84 Å². The van der Waals surface area contributed by atoms with Crippen LogP contribution in [-0.4, -0.2) is 41.3 Å². The van der Waals surface area contributed by atoms with Gasteiger partial charge in [0.25, 0.3) is 0 Å². The van der Waals surface area contributed by atoms with E-state index in [1.54, 1.807) is 17.7 Å². The molecule has 0 aliphatic carbocycles. The highest BCUT2D eigenvalue weighted by Gasteiger charge is 2.23. The number of aryl methyl sites for hydroxylation is 1. The highest BCUT2D eigenvalue weighted by molar-refractivity contribution is 14.1. The highest BCUT2D eigenvalue weighted by Crippen LogP contribution is 2.21. The maximum absolute atomic E-state index is 12.6. The number of hydrogen-bond donors (Lipinski definition) is 2. The molecule has 24 heavy (non-hydrogen) atoms. The number of nitrogens with zero attached hydrogens (tertiary/aromatic N) is 2. The monoisotopic (exact) mass is 463 g/mol. The van der Waals surface area contributed by atoms with Gasteiger partial charge in [0.05, 0.1) is 23.3 Å². The average molecular weight is 463 g/mol. The van der Waals surface area contributed by atoms with Gasteiger partial charge in [-0.3, -0.25) is 4.79 Å². The van der Waals surface area contributed by atoms with E-state index in [9.17, 15) is 18.3 Å². The van der Waals surface area contributed by atoms with E-state index in [1.165, 1.54) is 31.2 Å². The molecule has 1 aromatic carbocycles. The second kappa shape index (κ2) is 7.62. The standard InChI is InChI=1S/C15H18IN3O4S/c1-10-17-15(16)7-19(10)13(8-20)9-24(22,23)14-5-3-12(4-6-14)18-11(2)21/h3-7,13,20H,8-9H2,1-2H3,(H,18,21). The zero-order chi connectivity index (χ0) is 17.9. The topological polar surface area (TPSA) is 101 Å². The number of carbonyl (C=O) groups is 1. The Morgan fingerprint density at radius 1 is 1.38 bits per heavy atom. The Morgan fingerprint density at radius 3 is 2.46 bits per heavy atom. The molecule has 1 atom stereocenters. The quantitative estimate of drug-likeness (QED) is 0.636. The van der Waals surface area contributed by atoms with Gasteiger partial charge in [0.2, 0.25) is 5.91 Å². The Hall–Kier alpha value is -1.46. The molecule has 1 heterocycles. The van der Waals surface area contributed by atoms with Crippen molar-refractivity contribution in [1.82, 2.24) is 9.55 Å². The number of halogens is 1. The third-order valence-corrected chi connectivity index (χ3v) is 5.77. The number of imidazole rings is 1. The van der Waals surface area contributed by atoms with Crippen molar-refractivity contribution in [1.29, 1.82) is 0 Å². The van der Waals surface area contributed by atoms with Crippen LogP contribution in [0.3, 0.4) is 0 Å². The summed E-state index contributed by atoms with van der Waals surface area (Å²) in [4.78, 5) is 15.4. The van der Waals surface area contributed by atoms with Gasteiger partial charge in [-0.05, 0) is 53.8 Å². The first-order valence-electron chi connectivity index (χ1n) is 7.15. The molecule has 2 aromatic rings. The summed E-state index contributed by atoms with van der Waals surface area (Å²) >= 11 is 2.04. The predicted molar refractivity (Wildman–Crippen MR) is 98.6 cm³/mol. The van der Waals surface area contributed by atoms with Crippen LogP contribution in [0.5, 0.6) is 0 Å². The molecule has 130 valence electrons. The maximum Gasteiger partial charge on any atom is 0.221 e. The lowest BCUT2D eigenvalue weighted by Crippen LogP contribution is -2.23. The van der Waals surface area contributed by atoms with E-state index in [1.807, 2.05) is 22.6 Å². The van der Waals surface area contributed by atoms with Crippen LogP contribution in [0.2, 0.25) is 0 Å².